The molecule has 0 saturated carbocycles. The number of nitrogens with one attached hydrogen (secondary N) is 2. The number of carboxylic acid groups (broad SMARTS) is 1. The maximum atomic E-state index is 14.2. The highest BCUT2D eigenvalue weighted by molar-refractivity contribution is 7.89. The van der Waals surface area contributed by atoms with Gasteiger partial charge in [0.15, 0.2) is 5.96 Å². The lowest BCUT2D eigenvalue weighted by Crippen LogP contribution is -2.52. The fourth-order valence-electron chi connectivity index (χ4n) is 8.71. The van der Waals surface area contributed by atoms with Gasteiger partial charge < -0.3 is 78.6 Å². The van der Waals surface area contributed by atoms with Gasteiger partial charge in [-0.1, -0.05) is 37.3 Å². The molecule has 2 heterocycles. The molecule has 24 nitrogen and oxygen atoms in total. The number of nitrogens with zero attached hydrogens (tertiary/aromatic N) is 6. The van der Waals surface area contributed by atoms with E-state index >= 15 is 0 Å². The van der Waals surface area contributed by atoms with E-state index in [2.05, 4.69) is 21.6 Å². The van der Waals surface area contributed by atoms with Gasteiger partial charge in [0.05, 0.1) is 166 Å². The largest absolute Gasteiger partial charge is 0.481 e. The number of amidine groups is 1. The van der Waals surface area contributed by atoms with Crippen molar-refractivity contribution in [1.29, 1.82) is 5.26 Å². The summed E-state index contributed by atoms with van der Waals surface area (Å²) in [6.07, 6.45) is 3.38. The maximum Gasteiger partial charge on any atom is 0.305 e. The normalized spacial score (nSPS) is 13.8. The van der Waals surface area contributed by atoms with Crippen molar-refractivity contribution in [2.24, 2.45) is 21.6 Å². The zero-order chi connectivity index (χ0) is 60.7. The van der Waals surface area contributed by atoms with E-state index in [9.17, 15) is 23.3 Å². The number of aliphatic carboxylic acids is 1. The van der Waals surface area contributed by atoms with E-state index in [0.717, 1.165) is 29.7 Å². The molecule has 2 aliphatic rings. The first-order chi connectivity index (χ1) is 41.4. The van der Waals surface area contributed by atoms with Crippen molar-refractivity contribution in [3.8, 4) is 17.2 Å². The first-order valence-corrected chi connectivity index (χ1v) is 30.6. The molecule has 5 rings (SSSR count). The SMILES string of the molecule is CCCN(CCCN/C(=N/c1cccc(C#N)c1)NCCOCCOCCOCCOCCOCCOCCOCCOCCOCCOCCC(=O)O)C(=O)C1=Cc2ccc(-c3cccc(S(=O)(=O)N4CC(CN(C)C)C4)c3)cc2N=C(N)C1. The molecule has 3 aromatic rings. The van der Waals surface area contributed by atoms with Crippen LogP contribution < -0.4 is 16.4 Å². The number of fused-ring (bicyclic) bond motifs is 1. The van der Waals surface area contributed by atoms with E-state index in [4.69, 9.17) is 68.2 Å². The second-order valence-corrected chi connectivity index (χ2v) is 22.0. The number of carbonyl (C=O) groups is 2. The number of carboxylic acids is 1. The van der Waals surface area contributed by atoms with Crippen LogP contribution in [0.1, 0.15) is 43.7 Å². The summed E-state index contributed by atoms with van der Waals surface area (Å²) in [5.41, 5.74) is 11.0. The van der Waals surface area contributed by atoms with Crippen LogP contribution in [-0.4, -0.2) is 243 Å². The summed E-state index contributed by atoms with van der Waals surface area (Å²) in [5.74, 6) is 0.107. The van der Waals surface area contributed by atoms with Crippen LogP contribution in [0, 0.1) is 17.2 Å². The lowest BCUT2D eigenvalue weighted by Gasteiger charge is -2.39. The molecule has 25 heteroatoms. The van der Waals surface area contributed by atoms with Crippen LogP contribution >= 0.6 is 0 Å². The number of aliphatic imine (C=N–C) groups is 2. The molecule has 0 unspecified atom stereocenters. The molecular formula is C60H89N9O15S. The molecule has 3 aromatic carbocycles. The molecule has 0 aromatic heterocycles. The molecular weight excluding hydrogens is 1120 g/mol. The van der Waals surface area contributed by atoms with Gasteiger partial charge in [-0.25, -0.2) is 18.4 Å². The van der Waals surface area contributed by atoms with E-state index in [1.54, 1.807) is 36.4 Å². The second kappa shape index (κ2) is 41.2. The standard InChI is InChI=1S/C60H89N9O15S/c1-4-17-68(59(72)53-40-52-13-12-51(42-56(52)66-57(62)43-53)50-9-6-11-55(41-50)85(73,74)69-46-49(47-69)45-67(2)3)18-7-15-63-60(65-54-10-5-8-48(39-54)44-61)64-16-20-76-22-24-78-26-28-80-30-32-82-34-36-84-38-37-83-35-33-81-31-29-79-27-25-77-23-21-75-19-14-58(70)71/h5-6,8-13,39-42,49H,4,7,14-38,43,45-47H2,1-3H3,(H2,62,66)(H,70,71)(H2,63,64,65). The number of benzene rings is 3. The van der Waals surface area contributed by atoms with Gasteiger partial charge in [0.25, 0.3) is 0 Å². The Labute approximate surface area is 501 Å². The van der Waals surface area contributed by atoms with Gasteiger partial charge >= 0.3 is 5.97 Å². The number of amides is 1. The average molecular weight is 1210 g/mol. The summed E-state index contributed by atoms with van der Waals surface area (Å²) >= 11 is 0. The second-order valence-electron chi connectivity index (χ2n) is 20.1. The van der Waals surface area contributed by atoms with Crippen LogP contribution in [0.3, 0.4) is 0 Å². The van der Waals surface area contributed by atoms with Crippen molar-refractivity contribution in [2.45, 2.75) is 37.5 Å². The van der Waals surface area contributed by atoms with Crippen molar-refractivity contribution in [1.82, 2.24) is 24.7 Å². The molecule has 85 heavy (non-hydrogen) atoms. The number of carbonyl (C=O) groups excluding carboxylic acids is 1. The molecule has 5 N–H and O–H groups in total. The predicted molar refractivity (Wildman–Crippen MR) is 323 cm³/mol. The van der Waals surface area contributed by atoms with Crippen LogP contribution in [0.5, 0.6) is 0 Å². The van der Waals surface area contributed by atoms with Crippen molar-refractivity contribution in [3.63, 3.8) is 0 Å². The molecule has 2 aliphatic heterocycles. The molecule has 0 aliphatic carbocycles. The van der Waals surface area contributed by atoms with E-state index in [-0.39, 0.29) is 30.3 Å². The molecule has 1 fully saturated rings. The monoisotopic (exact) mass is 1210 g/mol. The zero-order valence-corrected chi connectivity index (χ0v) is 50.6. The number of ether oxygens (including phenoxy) is 10. The summed E-state index contributed by atoms with van der Waals surface area (Å²) < 4.78 is 83.6. The molecule has 0 bridgehead atoms. The highest BCUT2D eigenvalue weighted by atomic mass is 32.2. The Hall–Kier alpha value is -5.96. The number of sulfonamides is 1. The Bertz CT molecular complexity index is 2690. The third-order valence-electron chi connectivity index (χ3n) is 12.9. The van der Waals surface area contributed by atoms with Gasteiger partial charge in [0.2, 0.25) is 15.9 Å². The highest BCUT2D eigenvalue weighted by Crippen LogP contribution is 2.34. The molecule has 0 radical (unpaired) electrons. The molecule has 1 amide bonds. The van der Waals surface area contributed by atoms with E-state index in [0.29, 0.717) is 211 Å². The number of rotatable bonds is 46. The minimum atomic E-state index is -3.64. The Kier molecular flexibility index (Phi) is 33.8. The van der Waals surface area contributed by atoms with Gasteiger partial charge in [-0.2, -0.15) is 9.57 Å². The van der Waals surface area contributed by atoms with E-state index in [1.165, 1.54) is 4.31 Å². The summed E-state index contributed by atoms with van der Waals surface area (Å²) in [6.45, 7) is 14.1. The van der Waals surface area contributed by atoms with E-state index in [1.807, 2.05) is 62.3 Å². The maximum absolute atomic E-state index is 14.2. The van der Waals surface area contributed by atoms with Gasteiger partial charge in [-0.15, -0.1) is 0 Å². The summed E-state index contributed by atoms with van der Waals surface area (Å²) in [4.78, 5) is 38.2. The van der Waals surface area contributed by atoms with Crippen molar-refractivity contribution in [3.05, 3.63) is 83.4 Å². The van der Waals surface area contributed by atoms with Gasteiger partial charge in [0.1, 0.15) is 5.84 Å². The van der Waals surface area contributed by atoms with Crippen LogP contribution in [0.4, 0.5) is 11.4 Å². The minimum Gasteiger partial charge on any atom is -0.481 e. The van der Waals surface area contributed by atoms with Crippen LogP contribution in [-0.2, 0) is 67.0 Å². The number of nitriles is 1. The van der Waals surface area contributed by atoms with Gasteiger partial charge in [-0.3, -0.25) is 9.59 Å². The zero-order valence-electron chi connectivity index (χ0n) is 49.8. The van der Waals surface area contributed by atoms with Gasteiger partial charge in [-0.05, 0) is 86.5 Å². The number of guanidine groups is 1. The first kappa shape index (κ1) is 69.8. The van der Waals surface area contributed by atoms with Crippen LogP contribution in [0.2, 0.25) is 0 Å². The Balaban J connectivity index is 0.914. The van der Waals surface area contributed by atoms with Crippen molar-refractivity contribution < 1.29 is 70.5 Å². The predicted octanol–water partition coefficient (Wildman–Crippen LogP) is 4.32. The lowest BCUT2D eigenvalue weighted by molar-refractivity contribution is -0.138. The first-order valence-electron chi connectivity index (χ1n) is 29.1. The number of hydrogen-bond donors (Lipinski definition) is 4. The lowest BCUT2D eigenvalue weighted by atomic mass is 10.0. The summed E-state index contributed by atoms with van der Waals surface area (Å²) in [5, 5.41) is 24.7. The highest BCUT2D eigenvalue weighted by Gasteiger charge is 2.37. The van der Waals surface area contributed by atoms with Crippen molar-refractivity contribution in [2.75, 3.05) is 192 Å². The van der Waals surface area contributed by atoms with E-state index < -0.39 is 16.0 Å². The quantitative estimate of drug-likeness (QED) is 0.0348. The van der Waals surface area contributed by atoms with Crippen molar-refractivity contribution >= 4 is 51.1 Å². The molecule has 1 saturated heterocycles. The average Bonchev–Trinajstić information content (AvgIpc) is 2.44. The van der Waals surface area contributed by atoms with Gasteiger partial charge in [0, 0.05) is 63.4 Å². The topological polar surface area (TPSA) is 289 Å². The van der Waals surface area contributed by atoms with Crippen LogP contribution in [0.25, 0.3) is 17.2 Å². The van der Waals surface area contributed by atoms with Crippen LogP contribution in [0.15, 0.2) is 87.2 Å². The minimum absolute atomic E-state index is 0.0185. The molecule has 0 spiro atoms. The number of hydrogen-bond acceptors (Lipinski definition) is 19. The Morgan fingerprint density at radius 2 is 1.24 bits per heavy atom. The smallest absolute Gasteiger partial charge is 0.305 e. The fraction of sp³-hybridized carbons (Fsp3) is 0.583. The number of nitrogens with two attached hydrogens (primary N) is 1. The Morgan fingerprint density at radius 1 is 0.706 bits per heavy atom. The third kappa shape index (κ3) is 28.0. The Morgan fingerprint density at radius 3 is 1.78 bits per heavy atom. The summed E-state index contributed by atoms with van der Waals surface area (Å²) in [6, 6.07) is 21.8. The molecule has 0 atom stereocenters. The molecule has 470 valence electrons. The summed E-state index contributed by atoms with van der Waals surface area (Å²) in [7, 11) is 0.337. The third-order valence-corrected chi connectivity index (χ3v) is 14.7. The fourth-order valence-corrected chi connectivity index (χ4v) is 10.3.